The molecule has 0 unspecified atom stereocenters. The first-order valence-electron chi connectivity index (χ1n) is 7.91. The molecule has 1 heterocycles. The molecule has 1 aromatic heterocycles. The summed E-state index contributed by atoms with van der Waals surface area (Å²) in [4.78, 5) is 4.50. The van der Waals surface area contributed by atoms with Gasteiger partial charge in [0.15, 0.2) is 0 Å². The van der Waals surface area contributed by atoms with Crippen LogP contribution in [0.15, 0.2) is 59.6 Å². The van der Waals surface area contributed by atoms with Gasteiger partial charge in [0.05, 0.1) is 12.1 Å². The molecule has 0 amide bonds. The van der Waals surface area contributed by atoms with Crippen molar-refractivity contribution in [3.05, 3.63) is 71.4 Å². The normalized spacial score (nSPS) is 11.8. The highest BCUT2D eigenvalue weighted by molar-refractivity contribution is 7.89. The Morgan fingerprint density at radius 3 is 2.64 bits per heavy atom. The number of hydrogen-bond acceptors (Lipinski definition) is 4. The van der Waals surface area contributed by atoms with E-state index in [2.05, 4.69) is 9.71 Å². The predicted octanol–water partition coefficient (Wildman–Crippen LogP) is 3.17. The third kappa shape index (κ3) is 4.04. The molecule has 3 rings (SSSR count). The first-order valence-corrected chi connectivity index (χ1v) is 9.40. The number of aryl methyl sites for hydroxylation is 1. The number of rotatable bonds is 6. The van der Waals surface area contributed by atoms with E-state index in [0.29, 0.717) is 12.1 Å². The first-order chi connectivity index (χ1) is 12.0. The van der Waals surface area contributed by atoms with E-state index in [1.165, 1.54) is 0 Å². The van der Waals surface area contributed by atoms with Crippen molar-refractivity contribution >= 4 is 20.9 Å². The second-order valence-electron chi connectivity index (χ2n) is 5.92. The van der Waals surface area contributed by atoms with Crippen molar-refractivity contribution in [1.82, 2.24) is 9.71 Å². The Morgan fingerprint density at radius 2 is 1.84 bits per heavy atom. The van der Waals surface area contributed by atoms with Gasteiger partial charge in [0, 0.05) is 25.2 Å². The van der Waals surface area contributed by atoms with Crippen LogP contribution in [0.3, 0.4) is 0 Å². The van der Waals surface area contributed by atoms with E-state index in [4.69, 9.17) is 4.74 Å². The summed E-state index contributed by atoms with van der Waals surface area (Å²) in [5.41, 5.74) is 3.35. The number of methoxy groups -OCH3 is 1. The summed E-state index contributed by atoms with van der Waals surface area (Å²) in [7, 11) is -2.04. The van der Waals surface area contributed by atoms with Gasteiger partial charge in [0.25, 0.3) is 0 Å². The molecule has 6 heteroatoms. The summed E-state index contributed by atoms with van der Waals surface area (Å²) in [5, 5.41) is 0.810. The van der Waals surface area contributed by atoms with Gasteiger partial charge in [-0.2, -0.15) is 0 Å². The minimum absolute atomic E-state index is 0.193. The molecule has 1 N–H and O–H groups in total. The highest BCUT2D eigenvalue weighted by Crippen LogP contribution is 2.22. The zero-order valence-corrected chi connectivity index (χ0v) is 15.0. The molecule has 0 radical (unpaired) electrons. The fourth-order valence-electron chi connectivity index (χ4n) is 2.71. The van der Waals surface area contributed by atoms with Crippen LogP contribution in [0.4, 0.5) is 0 Å². The van der Waals surface area contributed by atoms with Crippen molar-refractivity contribution in [2.75, 3.05) is 7.11 Å². The zero-order chi connectivity index (χ0) is 17.9. The number of fused-ring (bicyclic) bond motifs is 1. The van der Waals surface area contributed by atoms with E-state index in [1.807, 2.05) is 43.3 Å². The van der Waals surface area contributed by atoms with Crippen LogP contribution in [0.1, 0.15) is 16.7 Å². The Labute approximate surface area is 147 Å². The molecule has 0 saturated heterocycles. The highest BCUT2D eigenvalue weighted by Gasteiger charge is 2.18. The number of aromatic nitrogens is 1. The number of hydrogen-bond donors (Lipinski definition) is 1. The number of benzene rings is 2. The number of nitrogens with one attached hydrogen (secondary N) is 1. The maximum Gasteiger partial charge on any atom is 0.243 e. The maximum atomic E-state index is 12.7. The molecule has 25 heavy (non-hydrogen) atoms. The van der Waals surface area contributed by atoms with Crippen LogP contribution < -0.4 is 4.72 Å². The average Bonchev–Trinajstić information content (AvgIpc) is 2.60. The minimum Gasteiger partial charge on any atom is -0.380 e. The summed E-state index contributed by atoms with van der Waals surface area (Å²) in [5.74, 6) is 0. The van der Waals surface area contributed by atoms with Crippen LogP contribution in [-0.4, -0.2) is 20.5 Å². The van der Waals surface area contributed by atoms with E-state index < -0.39 is 10.0 Å². The summed E-state index contributed by atoms with van der Waals surface area (Å²) < 4.78 is 33.2. The van der Waals surface area contributed by atoms with Gasteiger partial charge in [-0.3, -0.25) is 4.98 Å². The Hall–Kier alpha value is -2.28. The van der Waals surface area contributed by atoms with Gasteiger partial charge in [-0.15, -0.1) is 0 Å². The molecule has 0 atom stereocenters. The molecule has 0 fully saturated rings. The topological polar surface area (TPSA) is 68.3 Å². The van der Waals surface area contributed by atoms with E-state index in [-0.39, 0.29) is 11.4 Å². The fraction of sp³-hybridized carbons (Fsp3) is 0.211. The minimum atomic E-state index is -3.67. The Kier molecular flexibility index (Phi) is 5.13. The Balaban J connectivity index is 1.86. The van der Waals surface area contributed by atoms with Crippen molar-refractivity contribution in [1.29, 1.82) is 0 Å². The molecule has 130 valence electrons. The van der Waals surface area contributed by atoms with Crippen LogP contribution >= 0.6 is 0 Å². The van der Waals surface area contributed by atoms with Gasteiger partial charge in [-0.05, 0) is 35.7 Å². The lowest BCUT2D eigenvalue weighted by atomic mass is 10.1. The fourth-order valence-corrected chi connectivity index (χ4v) is 3.91. The third-order valence-electron chi connectivity index (χ3n) is 3.87. The van der Waals surface area contributed by atoms with E-state index in [0.717, 1.165) is 22.1 Å². The second-order valence-corrected chi connectivity index (χ2v) is 7.65. The van der Waals surface area contributed by atoms with Crippen LogP contribution in [0.2, 0.25) is 0 Å². The van der Waals surface area contributed by atoms with Gasteiger partial charge in [-0.1, -0.05) is 36.4 Å². The molecule has 5 nitrogen and oxygen atoms in total. The highest BCUT2D eigenvalue weighted by atomic mass is 32.2. The molecular weight excluding hydrogens is 336 g/mol. The maximum absolute atomic E-state index is 12.7. The standard InChI is InChI=1S/C19H20N2O3S/c1-14-9-17-7-4-8-18(19(17)20-11-14)25(22,23)21-12-15-5-3-6-16(10-15)13-24-2/h3-11,21H,12-13H2,1-2H3. The summed E-state index contributed by atoms with van der Waals surface area (Å²) in [6, 6.07) is 14.7. The Bertz CT molecular complexity index is 1000. The molecule has 3 aromatic rings. The van der Waals surface area contributed by atoms with Crippen molar-refractivity contribution in [3.8, 4) is 0 Å². The van der Waals surface area contributed by atoms with Gasteiger partial charge in [0.2, 0.25) is 10.0 Å². The molecule has 0 aliphatic heterocycles. The molecular formula is C19H20N2O3S. The van der Waals surface area contributed by atoms with Crippen LogP contribution in [0.25, 0.3) is 10.9 Å². The van der Waals surface area contributed by atoms with Crippen molar-refractivity contribution in [2.45, 2.75) is 25.0 Å². The summed E-state index contributed by atoms with van der Waals surface area (Å²) in [6.07, 6.45) is 1.68. The van der Waals surface area contributed by atoms with Crippen LogP contribution in [0, 0.1) is 6.92 Å². The quantitative estimate of drug-likeness (QED) is 0.737. The smallest absolute Gasteiger partial charge is 0.243 e. The lowest BCUT2D eigenvalue weighted by molar-refractivity contribution is 0.185. The molecule has 0 aliphatic carbocycles. The van der Waals surface area contributed by atoms with Crippen LogP contribution in [-0.2, 0) is 27.9 Å². The van der Waals surface area contributed by atoms with E-state index in [1.54, 1.807) is 25.4 Å². The average molecular weight is 356 g/mol. The molecule has 0 aliphatic rings. The number of pyridine rings is 1. The van der Waals surface area contributed by atoms with E-state index in [9.17, 15) is 8.42 Å². The van der Waals surface area contributed by atoms with Gasteiger partial charge < -0.3 is 4.74 Å². The second kappa shape index (κ2) is 7.31. The molecule has 2 aromatic carbocycles. The SMILES string of the molecule is COCc1cccc(CNS(=O)(=O)c2cccc3cc(C)cnc23)c1. The monoisotopic (exact) mass is 356 g/mol. The number of ether oxygens (including phenoxy) is 1. The lowest BCUT2D eigenvalue weighted by Gasteiger charge is -2.10. The summed E-state index contributed by atoms with van der Waals surface area (Å²) >= 11 is 0. The van der Waals surface area contributed by atoms with Crippen LogP contribution in [0.5, 0.6) is 0 Å². The van der Waals surface area contributed by atoms with Crippen molar-refractivity contribution in [3.63, 3.8) is 0 Å². The summed E-state index contributed by atoms with van der Waals surface area (Å²) in [6.45, 7) is 2.63. The van der Waals surface area contributed by atoms with E-state index >= 15 is 0 Å². The first kappa shape index (κ1) is 17.5. The Morgan fingerprint density at radius 1 is 1.08 bits per heavy atom. The largest absolute Gasteiger partial charge is 0.380 e. The third-order valence-corrected chi connectivity index (χ3v) is 5.30. The number of para-hydroxylation sites is 1. The van der Waals surface area contributed by atoms with Gasteiger partial charge in [-0.25, -0.2) is 13.1 Å². The molecule has 0 spiro atoms. The number of sulfonamides is 1. The van der Waals surface area contributed by atoms with Gasteiger partial charge in [0.1, 0.15) is 4.90 Å². The molecule has 0 saturated carbocycles. The zero-order valence-electron chi connectivity index (χ0n) is 14.2. The van der Waals surface area contributed by atoms with Crippen molar-refractivity contribution in [2.24, 2.45) is 0 Å². The lowest BCUT2D eigenvalue weighted by Crippen LogP contribution is -2.23. The van der Waals surface area contributed by atoms with Gasteiger partial charge >= 0.3 is 0 Å². The number of nitrogens with zero attached hydrogens (tertiary/aromatic N) is 1. The molecule has 0 bridgehead atoms. The van der Waals surface area contributed by atoms with Crippen molar-refractivity contribution < 1.29 is 13.2 Å². The predicted molar refractivity (Wildman–Crippen MR) is 97.7 cm³/mol.